The molecule has 0 aliphatic heterocycles. The highest BCUT2D eigenvalue weighted by molar-refractivity contribution is 5.89. The molecule has 0 amide bonds. The first-order chi connectivity index (χ1) is 13.6. The third-order valence-electron chi connectivity index (χ3n) is 4.48. The van der Waals surface area contributed by atoms with Crippen molar-refractivity contribution in [3.63, 3.8) is 0 Å². The van der Waals surface area contributed by atoms with E-state index in [-0.39, 0.29) is 5.97 Å². The van der Waals surface area contributed by atoms with Crippen molar-refractivity contribution < 1.29 is 14.3 Å². The number of carbonyl (C=O) groups is 1. The molecule has 0 aliphatic rings. The molecule has 2 heterocycles. The number of hydrogen-bond donors (Lipinski definition) is 1. The Bertz CT molecular complexity index is 1130. The summed E-state index contributed by atoms with van der Waals surface area (Å²) in [5.74, 6) is 1.47. The van der Waals surface area contributed by atoms with Gasteiger partial charge in [0.2, 0.25) is 5.65 Å². The number of esters is 1. The third-order valence-corrected chi connectivity index (χ3v) is 4.48. The molecule has 1 N–H and O–H groups in total. The number of nitrogens with zero attached hydrogens (tertiary/aromatic N) is 3. The van der Waals surface area contributed by atoms with Gasteiger partial charge in [0.1, 0.15) is 5.75 Å². The molecule has 0 bridgehead atoms. The van der Waals surface area contributed by atoms with Crippen LogP contribution in [0.15, 0.2) is 48.5 Å². The molecule has 0 spiro atoms. The van der Waals surface area contributed by atoms with Crippen molar-refractivity contribution in [1.29, 1.82) is 0 Å². The standard InChI is InChI=1S/C21H20N4O3/c1-4-17-18(28-16-11-9-15(10-12-16)21(26)27-3)20-22-19(24-25(20)23-17)14-7-5-13(2)6-8-14/h5-12,23H,4H2,1-3H3. The Morgan fingerprint density at radius 2 is 1.82 bits per heavy atom. The van der Waals surface area contributed by atoms with Crippen molar-refractivity contribution in [2.75, 3.05) is 7.11 Å². The van der Waals surface area contributed by atoms with Crippen LogP contribution in [0.4, 0.5) is 0 Å². The maximum Gasteiger partial charge on any atom is 0.337 e. The molecule has 0 fully saturated rings. The normalized spacial score (nSPS) is 11.0. The number of aryl methyl sites for hydroxylation is 2. The average molecular weight is 376 g/mol. The lowest BCUT2D eigenvalue weighted by Crippen LogP contribution is -2.00. The van der Waals surface area contributed by atoms with Gasteiger partial charge in [0.25, 0.3) is 0 Å². The second-order valence-corrected chi connectivity index (χ2v) is 6.43. The smallest absolute Gasteiger partial charge is 0.337 e. The molecule has 142 valence electrons. The topological polar surface area (TPSA) is 81.5 Å². The highest BCUT2D eigenvalue weighted by Gasteiger charge is 2.18. The zero-order valence-electron chi connectivity index (χ0n) is 15.9. The Balaban J connectivity index is 1.69. The van der Waals surface area contributed by atoms with E-state index in [1.165, 1.54) is 12.7 Å². The number of aromatic amines is 1. The molecule has 4 aromatic rings. The number of nitrogens with one attached hydrogen (secondary N) is 1. The van der Waals surface area contributed by atoms with E-state index in [1.807, 2.05) is 38.1 Å². The lowest BCUT2D eigenvalue weighted by Gasteiger charge is -2.06. The van der Waals surface area contributed by atoms with Crippen LogP contribution in [-0.2, 0) is 11.2 Å². The van der Waals surface area contributed by atoms with Crippen molar-refractivity contribution in [2.45, 2.75) is 20.3 Å². The monoisotopic (exact) mass is 376 g/mol. The lowest BCUT2D eigenvalue weighted by atomic mass is 10.1. The summed E-state index contributed by atoms with van der Waals surface area (Å²) in [7, 11) is 1.35. The van der Waals surface area contributed by atoms with Gasteiger partial charge in [0, 0.05) is 5.56 Å². The molecule has 4 rings (SSSR count). The number of fused-ring (bicyclic) bond motifs is 1. The fourth-order valence-corrected chi connectivity index (χ4v) is 2.92. The fraction of sp³-hybridized carbons (Fsp3) is 0.190. The number of aromatic nitrogens is 4. The van der Waals surface area contributed by atoms with E-state index in [4.69, 9.17) is 9.47 Å². The van der Waals surface area contributed by atoms with Gasteiger partial charge in [-0.25, -0.2) is 9.78 Å². The number of ether oxygens (including phenoxy) is 2. The van der Waals surface area contributed by atoms with Crippen LogP contribution in [0.5, 0.6) is 11.5 Å². The Morgan fingerprint density at radius 3 is 2.46 bits per heavy atom. The van der Waals surface area contributed by atoms with Crippen molar-refractivity contribution in [3.8, 4) is 22.9 Å². The summed E-state index contributed by atoms with van der Waals surface area (Å²) in [6.07, 6.45) is 0.737. The predicted octanol–water partition coefficient (Wildman–Crippen LogP) is 4.17. The lowest BCUT2D eigenvalue weighted by molar-refractivity contribution is 0.0600. The van der Waals surface area contributed by atoms with Crippen molar-refractivity contribution in [2.24, 2.45) is 0 Å². The summed E-state index contributed by atoms with van der Waals surface area (Å²) >= 11 is 0. The first kappa shape index (κ1) is 17.8. The summed E-state index contributed by atoms with van der Waals surface area (Å²) in [6, 6.07) is 14.8. The maximum atomic E-state index is 11.6. The van der Waals surface area contributed by atoms with Crippen molar-refractivity contribution in [3.05, 3.63) is 65.4 Å². The van der Waals surface area contributed by atoms with Gasteiger partial charge >= 0.3 is 5.97 Å². The maximum absolute atomic E-state index is 11.6. The summed E-state index contributed by atoms with van der Waals surface area (Å²) < 4.78 is 12.4. The van der Waals surface area contributed by atoms with Gasteiger partial charge in [0.05, 0.1) is 18.4 Å². The second-order valence-electron chi connectivity index (χ2n) is 6.43. The summed E-state index contributed by atoms with van der Waals surface area (Å²) in [5, 5.41) is 7.76. The number of methoxy groups -OCH3 is 1. The molecule has 2 aromatic carbocycles. The van der Waals surface area contributed by atoms with Gasteiger partial charge in [-0.05, 0) is 37.6 Å². The first-order valence-corrected chi connectivity index (χ1v) is 9.00. The molecule has 7 heteroatoms. The minimum atomic E-state index is -0.384. The molecule has 7 nitrogen and oxygen atoms in total. The van der Waals surface area contributed by atoms with Gasteiger partial charge < -0.3 is 9.47 Å². The summed E-state index contributed by atoms with van der Waals surface area (Å²) in [5.41, 5.74) is 4.09. The Hall–Kier alpha value is -3.61. The number of hydrogen-bond acceptors (Lipinski definition) is 5. The zero-order valence-corrected chi connectivity index (χ0v) is 15.9. The van der Waals surface area contributed by atoms with E-state index in [1.54, 1.807) is 28.9 Å². The van der Waals surface area contributed by atoms with Crippen LogP contribution in [0.1, 0.15) is 28.5 Å². The van der Waals surface area contributed by atoms with Gasteiger partial charge in [-0.3, -0.25) is 5.10 Å². The van der Waals surface area contributed by atoms with Gasteiger partial charge in [-0.1, -0.05) is 36.8 Å². The Morgan fingerprint density at radius 1 is 1.11 bits per heavy atom. The minimum Gasteiger partial charge on any atom is -0.465 e. The van der Waals surface area contributed by atoms with Gasteiger partial charge in [0.15, 0.2) is 11.6 Å². The first-order valence-electron chi connectivity index (χ1n) is 9.00. The molecule has 0 unspecified atom stereocenters. The molecule has 0 radical (unpaired) electrons. The van der Waals surface area contributed by atoms with E-state index >= 15 is 0 Å². The van der Waals surface area contributed by atoms with Crippen LogP contribution in [-0.4, -0.2) is 32.9 Å². The molecule has 2 aromatic heterocycles. The van der Waals surface area contributed by atoms with Crippen LogP contribution >= 0.6 is 0 Å². The van der Waals surface area contributed by atoms with E-state index in [0.717, 1.165) is 17.7 Å². The van der Waals surface area contributed by atoms with E-state index in [0.29, 0.717) is 28.5 Å². The molecule has 28 heavy (non-hydrogen) atoms. The van der Waals surface area contributed by atoms with E-state index in [2.05, 4.69) is 15.2 Å². The highest BCUT2D eigenvalue weighted by atomic mass is 16.5. The fourth-order valence-electron chi connectivity index (χ4n) is 2.92. The predicted molar refractivity (Wildman–Crippen MR) is 105 cm³/mol. The zero-order chi connectivity index (χ0) is 19.7. The van der Waals surface area contributed by atoms with E-state index < -0.39 is 0 Å². The van der Waals surface area contributed by atoms with Crippen molar-refractivity contribution in [1.82, 2.24) is 19.8 Å². The van der Waals surface area contributed by atoms with Crippen LogP contribution in [0.25, 0.3) is 17.0 Å². The minimum absolute atomic E-state index is 0.384. The molecule has 0 saturated heterocycles. The molecule has 0 aliphatic carbocycles. The van der Waals surface area contributed by atoms with Gasteiger partial charge in [-0.2, -0.15) is 0 Å². The second kappa shape index (κ2) is 7.19. The largest absolute Gasteiger partial charge is 0.465 e. The molecular weight excluding hydrogens is 356 g/mol. The number of benzene rings is 2. The highest BCUT2D eigenvalue weighted by Crippen LogP contribution is 2.31. The van der Waals surface area contributed by atoms with Gasteiger partial charge in [-0.15, -0.1) is 9.73 Å². The summed E-state index contributed by atoms with van der Waals surface area (Å²) in [4.78, 5) is 16.2. The van der Waals surface area contributed by atoms with E-state index in [9.17, 15) is 4.79 Å². The molecular formula is C21H20N4O3. The molecule has 0 saturated carbocycles. The van der Waals surface area contributed by atoms with Crippen LogP contribution in [0, 0.1) is 6.92 Å². The van der Waals surface area contributed by atoms with Crippen molar-refractivity contribution >= 4 is 11.6 Å². The number of rotatable bonds is 5. The Kier molecular flexibility index (Phi) is 4.57. The number of carbonyl (C=O) groups excluding carboxylic acids is 1. The quantitative estimate of drug-likeness (QED) is 0.529. The van der Waals surface area contributed by atoms with Crippen LogP contribution < -0.4 is 4.74 Å². The third kappa shape index (κ3) is 3.22. The number of H-pyrrole nitrogens is 1. The van der Waals surface area contributed by atoms with Crippen LogP contribution in [0.3, 0.4) is 0 Å². The Labute approximate surface area is 161 Å². The van der Waals surface area contributed by atoms with Crippen LogP contribution in [0.2, 0.25) is 0 Å². The molecule has 0 atom stereocenters. The SMILES string of the molecule is CCc1[nH]n2nc(-c3ccc(C)cc3)nc2c1Oc1ccc(C(=O)OC)cc1. The summed E-state index contributed by atoms with van der Waals surface area (Å²) in [6.45, 7) is 4.07. The average Bonchev–Trinajstić information content (AvgIpc) is 3.27.